The van der Waals surface area contributed by atoms with Gasteiger partial charge < -0.3 is 9.84 Å². The molecule has 1 aromatic heterocycles. The van der Waals surface area contributed by atoms with Crippen LogP contribution in [0.4, 0.5) is 5.69 Å². The maximum atomic E-state index is 10.5. The van der Waals surface area contributed by atoms with E-state index in [1.807, 2.05) is 13.0 Å². The molecule has 2 rings (SSSR count). The van der Waals surface area contributed by atoms with Gasteiger partial charge in [-0.3, -0.25) is 10.1 Å². The SMILES string of the molecule is Cc1cc(CNCc2ccc([N+](=O)[O-])cc2)on1. The fraction of sp³-hybridized carbons (Fsp3) is 0.250. The summed E-state index contributed by atoms with van der Waals surface area (Å²) in [5.41, 5.74) is 1.93. The summed E-state index contributed by atoms with van der Waals surface area (Å²) >= 11 is 0. The summed E-state index contributed by atoms with van der Waals surface area (Å²) in [4.78, 5) is 10.1. The quantitative estimate of drug-likeness (QED) is 0.647. The molecule has 0 aliphatic carbocycles. The van der Waals surface area contributed by atoms with E-state index in [1.165, 1.54) is 12.1 Å². The van der Waals surface area contributed by atoms with Gasteiger partial charge in [0, 0.05) is 24.7 Å². The molecule has 6 heteroatoms. The van der Waals surface area contributed by atoms with Gasteiger partial charge in [-0.1, -0.05) is 17.3 Å². The Morgan fingerprint density at radius 1 is 1.33 bits per heavy atom. The zero-order chi connectivity index (χ0) is 13.0. The molecule has 1 N–H and O–H groups in total. The molecule has 1 heterocycles. The van der Waals surface area contributed by atoms with Crippen LogP contribution in [0.2, 0.25) is 0 Å². The maximum Gasteiger partial charge on any atom is 0.269 e. The number of aryl methyl sites for hydroxylation is 1. The molecule has 2 aromatic rings. The van der Waals surface area contributed by atoms with Gasteiger partial charge in [0.2, 0.25) is 0 Å². The van der Waals surface area contributed by atoms with Crippen molar-refractivity contribution in [3.63, 3.8) is 0 Å². The van der Waals surface area contributed by atoms with Gasteiger partial charge >= 0.3 is 0 Å². The molecule has 6 nitrogen and oxygen atoms in total. The van der Waals surface area contributed by atoms with Gasteiger partial charge in [-0.05, 0) is 12.5 Å². The lowest BCUT2D eigenvalue weighted by Crippen LogP contribution is -2.12. The lowest BCUT2D eigenvalue weighted by atomic mass is 10.2. The summed E-state index contributed by atoms with van der Waals surface area (Å²) in [7, 11) is 0. The number of nitrogens with zero attached hydrogens (tertiary/aromatic N) is 2. The number of rotatable bonds is 5. The summed E-state index contributed by atoms with van der Waals surface area (Å²) in [5, 5.41) is 17.4. The van der Waals surface area contributed by atoms with E-state index in [4.69, 9.17) is 4.52 Å². The van der Waals surface area contributed by atoms with Crippen molar-refractivity contribution < 1.29 is 9.45 Å². The lowest BCUT2D eigenvalue weighted by Gasteiger charge is -2.02. The van der Waals surface area contributed by atoms with E-state index in [1.54, 1.807) is 12.1 Å². The highest BCUT2D eigenvalue weighted by atomic mass is 16.6. The van der Waals surface area contributed by atoms with Gasteiger partial charge in [0.05, 0.1) is 17.2 Å². The van der Waals surface area contributed by atoms with Gasteiger partial charge in [-0.25, -0.2) is 0 Å². The molecule has 0 radical (unpaired) electrons. The van der Waals surface area contributed by atoms with Crippen molar-refractivity contribution in [3.8, 4) is 0 Å². The van der Waals surface area contributed by atoms with Gasteiger partial charge in [-0.15, -0.1) is 0 Å². The molecule has 0 aliphatic rings. The number of hydrogen-bond acceptors (Lipinski definition) is 5. The van der Waals surface area contributed by atoms with Crippen LogP contribution < -0.4 is 5.32 Å². The van der Waals surface area contributed by atoms with Crippen LogP contribution in [0.1, 0.15) is 17.0 Å². The Morgan fingerprint density at radius 3 is 2.61 bits per heavy atom. The van der Waals surface area contributed by atoms with Gasteiger partial charge in [0.25, 0.3) is 5.69 Å². The van der Waals surface area contributed by atoms with Crippen LogP contribution in [0.15, 0.2) is 34.9 Å². The highest BCUT2D eigenvalue weighted by Crippen LogP contribution is 2.11. The Hall–Kier alpha value is -2.21. The van der Waals surface area contributed by atoms with Gasteiger partial charge in [-0.2, -0.15) is 0 Å². The number of nitrogens with one attached hydrogen (secondary N) is 1. The molecule has 0 saturated heterocycles. The molecule has 18 heavy (non-hydrogen) atoms. The van der Waals surface area contributed by atoms with Gasteiger partial charge in [0.1, 0.15) is 0 Å². The summed E-state index contributed by atoms with van der Waals surface area (Å²) in [6, 6.07) is 8.32. The maximum absolute atomic E-state index is 10.5. The van der Waals surface area contributed by atoms with Crippen molar-refractivity contribution in [2.75, 3.05) is 0 Å². The van der Waals surface area contributed by atoms with E-state index in [9.17, 15) is 10.1 Å². The minimum atomic E-state index is -0.408. The Bertz CT molecular complexity index is 534. The standard InChI is InChI=1S/C12H13N3O3/c1-9-6-12(18-14-9)8-13-7-10-2-4-11(5-3-10)15(16)17/h2-6,13H,7-8H2,1H3. The largest absolute Gasteiger partial charge is 0.360 e. The number of non-ortho nitro benzene ring substituents is 1. The molecule has 0 fully saturated rings. The van der Waals surface area contributed by atoms with Gasteiger partial charge in [0.15, 0.2) is 5.76 Å². The van der Waals surface area contributed by atoms with E-state index in [0.29, 0.717) is 13.1 Å². The first-order valence-corrected chi connectivity index (χ1v) is 5.51. The second kappa shape index (κ2) is 5.42. The minimum absolute atomic E-state index is 0.101. The third-order valence-corrected chi connectivity index (χ3v) is 2.45. The lowest BCUT2D eigenvalue weighted by molar-refractivity contribution is -0.384. The fourth-order valence-corrected chi connectivity index (χ4v) is 1.57. The highest BCUT2D eigenvalue weighted by molar-refractivity contribution is 5.32. The average molecular weight is 247 g/mol. The first-order valence-electron chi connectivity index (χ1n) is 5.51. The molecule has 0 atom stereocenters. The predicted molar refractivity (Wildman–Crippen MR) is 64.9 cm³/mol. The van der Waals surface area contributed by atoms with E-state index in [2.05, 4.69) is 10.5 Å². The monoisotopic (exact) mass is 247 g/mol. The van der Waals surface area contributed by atoms with E-state index < -0.39 is 4.92 Å². The second-order valence-corrected chi connectivity index (χ2v) is 3.96. The van der Waals surface area contributed by atoms with Crippen molar-refractivity contribution >= 4 is 5.69 Å². The van der Waals surface area contributed by atoms with Crippen LogP contribution in [0.3, 0.4) is 0 Å². The molecule has 0 amide bonds. The Balaban J connectivity index is 1.85. The van der Waals surface area contributed by atoms with Crippen molar-refractivity contribution in [1.29, 1.82) is 0 Å². The smallest absolute Gasteiger partial charge is 0.269 e. The van der Waals surface area contributed by atoms with E-state index >= 15 is 0 Å². The zero-order valence-electron chi connectivity index (χ0n) is 9.92. The van der Waals surface area contributed by atoms with Crippen molar-refractivity contribution in [3.05, 3.63) is 57.5 Å². The van der Waals surface area contributed by atoms with Crippen molar-refractivity contribution in [2.45, 2.75) is 20.0 Å². The fourth-order valence-electron chi connectivity index (χ4n) is 1.57. The Morgan fingerprint density at radius 2 is 2.06 bits per heavy atom. The van der Waals surface area contributed by atoms with Crippen molar-refractivity contribution in [2.24, 2.45) is 0 Å². The molecule has 0 saturated carbocycles. The Kier molecular flexibility index (Phi) is 3.69. The number of nitro groups is 1. The van der Waals surface area contributed by atoms with Crippen LogP contribution in [-0.2, 0) is 13.1 Å². The number of nitro benzene ring substituents is 1. The summed E-state index contributed by atoms with van der Waals surface area (Å²) in [6.07, 6.45) is 0. The van der Waals surface area contributed by atoms with Crippen LogP contribution in [0, 0.1) is 17.0 Å². The van der Waals surface area contributed by atoms with Crippen molar-refractivity contribution in [1.82, 2.24) is 10.5 Å². The molecule has 0 spiro atoms. The third kappa shape index (κ3) is 3.14. The first-order chi connectivity index (χ1) is 8.65. The summed E-state index contributed by atoms with van der Waals surface area (Å²) in [6.45, 7) is 3.07. The molecule has 1 aromatic carbocycles. The average Bonchev–Trinajstić information content (AvgIpc) is 2.76. The van der Waals surface area contributed by atoms with E-state index in [0.717, 1.165) is 17.0 Å². The van der Waals surface area contributed by atoms with E-state index in [-0.39, 0.29) is 5.69 Å². The third-order valence-electron chi connectivity index (χ3n) is 2.45. The highest BCUT2D eigenvalue weighted by Gasteiger charge is 2.04. The topological polar surface area (TPSA) is 81.2 Å². The summed E-state index contributed by atoms with van der Waals surface area (Å²) in [5.74, 6) is 0.773. The molecule has 0 unspecified atom stereocenters. The molecular formula is C12H13N3O3. The van der Waals surface area contributed by atoms with Crippen LogP contribution in [0.25, 0.3) is 0 Å². The molecule has 0 aliphatic heterocycles. The molecular weight excluding hydrogens is 234 g/mol. The molecule has 94 valence electrons. The number of hydrogen-bond donors (Lipinski definition) is 1. The Labute approximate surface area is 104 Å². The first kappa shape index (κ1) is 12.3. The predicted octanol–water partition coefficient (Wildman–Crippen LogP) is 2.18. The minimum Gasteiger partial charge on any atom is -0.360 e. The zero-order valence-corrected chi connectivity index (χ0v) is 9.92. The van der Waals surface area contributed by atoms with Crippen LogP contribution in [-0.4, -0.2) is 10.1 Å². The number of benzene rings is 1. The normalized spacial score (nSPS) is 10.5. The van der Waals surface area contributed by atoms with Crippen LogP contribution >= 0.6 is 0 Å². The number of aromatic nitrogens is 1. The van der Waals surface area contributed by atoms with Crippen LogP contribution in [0.5, 0.6) is 0 Å². The second-order valence-electron chi connectivity index (χ2n) is 3.96. The summed E-state index contributed by atoms with van der Waals surface area (Å²) < 4.78 is 5.05. The molecule has 0 bridgehead atoms.